The molecule has 0 fully saturated rings. The minimum atomic E-state index is -1.35. The Morgan fingerprint density at radius 3 is 2.15 bits per heavy atom. The zero-order chi connectivity index (χ0) is 20.0. The van der Waals surface area contributed by atoms with Crippen LogP contribution in [-0.2, 0) is 9.53 Å². The number of carbonyl (C=O) groups is 3. The summed E-state index contributed by atoms with van der Waals surface area (Å²) >= 11 is 12.1. The summed E-state index contributed by atoms with van der Waals surface area (Å²) in [6.07, 6.45) is -1.35. The average molecular weight is 411 g/mol. The average Bonchev–Trinajstić information content (AvgIpc) is 2.66. The maximum atomic E-state index is 12.5. The largest absolute Gasteiger partial charge is 0.494 e. The molecule has 0 spiro atoms. The molecule has 2 aromatic rings. The van der Waals surface area contributed by atoms with Gasteiger partial charge in [0.1, 0.15) is 0 Å². The molecule has 0 unspecified atom stereocenters. The third-order valence-electron chi connectivity index (χ3n) is 3.47. The molecule has 0 radical (unpaired) electrons. The number of nitrogens with one attached hydrogen (secondary N) is 2. The molecule has 0 bridgehead atoms. The summed E-state index contributed by atoms with van der Waals surface area (Å²) in [5.41, 5.74) is 0.414. The zero-order valence-corrected chi connectivity index (χ0v) is 15.9. The maximum Gasteiger partial charge on any atom is 0.339 e. The lowest BCUT2D eigenvalue weighted by Crippen LogP contribution is -2.41. The van der Waals surface area contributed by atoms with E-state index in [1.807, 2.05) is 0 Å². The molecular formula is C18H16Cl2N2O5. The van der Waals surface area contributed by atoms with Crippen LogP contribution in [0.25, 0.3) is 0 Å². The van der Waals surface area contributed by atoms with Crippen molar-refractivity contribution >= 4 is 41.1 Å². The first-order valence-electron chi connectivity index (χ1n) is 7.69. The van der Waals surface area contributed by atoms with E-state index >= 15 is 0 Å². The highest BCUT2D eigenvalue weighted by Gasteiger charge is 2.27. The molecule has 0 saturated carbocycles. The summed E-state index contributed by atoms with van der Waals surface area (Å²) in [6, 6.07) is 10.2. The van der Waals surface area contributed by atoms with Gasteiger partial charge >= 0.3 is 12.0 Å². The van der Waals surface area contributed by atoms with Gasteiger partial charge in [0.05, 0.1) is 22.7 Å². The molecule has 0 aliphatic heterocycles. The second-order valence-corrected chi connectivity index (χ2v) is 6.05. The first kappa shape index (κ1) is 20.5. The standard InChI is InChI=1S/C18H16Cl2N2O5/c1-21-18(25)22-16(23)14(10-6-4-3-5-7-10)27-17(24)11-8-12(19)15(26-2)13(20)9-11/h3-9,14H,1-2H3,(H2,21,22,23,25)/t14-/m0/s1. The molecule has 2 rings (SSSR count). The van der Waals surface area contributed by atoms with Gasteiger partial charge in [-0.05, 0) is 12.1 Å². The molecule has 27 heavy (non-hydrogen) atoms. The second-order valence-electron chi connectivity index (χ2n) is 5.24. The van der Waals surface area contributed by atoms with E-state index in [1.165, 1.54) is 26.3 Å². The van der Waals surface area contributed by atoms with Gasteiger partial charge in [0, 0.05) is 12.6 Å². The van der Waals surface area contributed by atoms with Crippen molar-refractivity contribution in [2.45, 2.75) is 6.10 Å². The van der Waals surface area contributed by atoms with Crippen LogP contribution in [0.2, 0.25) is 10.0 Å². The smallest absolute Gasteiger partial charge is 0.339 e. The Kier molecular flexibility index (Phi) is 7.04. The normalized spacial score (nSPS) is 11.3. The number of imide groups is 1. The molecule has 142 valence electrons. The first-order chi connectivity index (χ1) is 12.9. The number of hydrogen-bond donors (Lipinski definition) is 2. The summed E-state index contributed by atoms with van der Waals surface area (Å²) in [6.45, 7) is 0. The molecule has 0 aliphatic rings. The molecule has 3 amide bonds. The van der Waals surface area contributed by atoms with Crippen molar-refractivity contribution in [3.63, 3.8) is 0 Å². The Balaban J connectivity index is 2.31. The third kappa shape index (κ3) is 5.12. The molecule has 1 atom stereocenters. The van der Waals surface area contributed by atoms with Crippen LogP contribution in [0.4, 0.5) is 4.79 Å². The SMILES string of the molecule is CNC(=O)NC(=O)[C@@H](OC(=O)c1cc(Cl)c(OC)c(Cl)c1)c1ccccc1. The number of rotatable bonds is 5. The number of amides is 3. The molecule has 2 N–H and O–H groups in total. The highest BCUT2D eigenvalue weighted by molar-refractivity contribution is 6.37. The van der Waals surface area contributed by atoms with Gasteiger partial charge in [-0.15, -0.1) is 0 Å². The number of benzene rings is 2. The Bertz CT molecular complexity index is 835. The zero-order valence-electron chi connectivity index (χ0n) is 14.4. The fraction of sp³-hybridized carbons (Fsp3) is 0.167. The van der Waals surface area contributed by atoms with Crippen LogP contribution < -0.4 is 15.4 Å². The quantitative estimate of drug-likeness (QED) is 0.736. The van der Waals surface area contributed by atoms with Crippen LogP contribution in [0.1, 0.15) is 22.0 Å². The van der Waals surface area contributed by atoms with Gasteiger partial charge in [0.25, 0.3) is 5.91 Å². The fourth-order valence-electron chi connectivity index (χ4n) is 2.19. The number of methoxy groups -OCH3 is 1. The summed E-state index contributed by atoms with van der Waals surface area (Å²) < 4.78 is 10.4. The van der Waals surface area contributed by atoms with E-state index in [2.05, 4.69) is 10.6 Å². The van der Waals surface area contributed by atoms with E-state index in [4.69, 9.17) is 32.7 Å². The number of urea groups is 1. The van der Waals surface area contributed by atoms with Gasteiger partial charge in [-0.2, -0.15) is 0 Å². The van der Waals surface area contributed by atoms with Gasteiger partial charge in [-0.1, -0.05) is 53.5 Å². The van der Waals surface area contributed by atoms with Crippen LogP contribution in [0, 0.1) is 0 Å². The minimum absolute atomic E-state index is 0.0273. The van der Waals surface area contributed by atoms with E-state index in [0.29, 0.717) is 5.56 Å². The van der Waals surface area contributed by atoms with Crippen LogP contribution in [0.5, 0.6) is 5.75 Å². The topological polar surface area (TPSA) is 93.7 Å². The summed E-state index contributed by atoms with van der Waals surface area (Å²) in [4.78, 5) is 36.4. The molecule has 0 aliphatic carbocycles. The van der Waals surface area contributed by atoms with E-state index < -0.39 is 24.0 Å². The summed E-state index contributed by atoms with van der Waals surface area (Å²) in [5, 5.41) is 4.57. The first-order valence-corrected chi connectivity index (χ1v) is 8.44. The molecule has 0 saturated heterocycles. The van der Waals surface area contributed by atoms with E-state index in [1.54, 1.807) is 30.3 Å². The van der Waals surface area contributed by atoms with Gasteiger partial charge in [-0.25, -0.2) is 9.59 Å². The molecule has 2 aromatic carbocycles. The van der Waals surface area contributed by atoms with Crippen molar-refractivity contribution in [2.75, 3.05) is 14.2 Å². The molecule has 0 heterocycles. The van der Waals surface area contributed by atoms with Gasteiger partial charge in [-0.3, -0.25) is 10.1 Å². The highest BCUT2D eigenvalue weighted by atomic mass is 35.5. The van der Waals surface area contributed by atoms with Crippen LogP contribution in [-0.4, -0.2) is 32.1 Å². The lowest BCUT2D eigenvalue weighted by atomic mass is 10.1. The van der Waals surface area contributed by atoms with Crippen molar-refractivity contribution in [1.82, 2.24) is 10.6 Å². The van der Waals surface area contributed by atoms with Crippen LogP contribution in [0.3, 0.4) is 0 Å². The second kappa shape index (κ2) is 9.25. The van der Waals surface area contributed by atoms with Crippen molar-refractivity contribution in [3.05, 3.63) is 63.6 Å². The van der Waals surface area contributed by atoms with Crippen molar-refractivity contribution < 1.29 is 23.9 Å². The van der Waals surface area contributed by atoms with E-state index in [0.717, 1.165) is 0 Å². The predicted molar refractivity (Wildman–Crippen MR) is 100 cm³/mol. The monoisotopic (exact) mass is 410 g/mol. The Morgan fingerprint density at radius 1 is 1.04 bits per heavy atom. The minimum Gasteiger partial charge on any atom is -0.494 e. The lowest BCUT2D eigenvalue weighted by molar-refractivity contribution is -0.129. The van der Waals surface area contributed by atoms with Crippen molar-refractivity contribution in [2.24, 2.45) is 0 Å². The summed E-state index contributed by atoms with van der Waals surface area (Å²) in [5.74, 6) is -1.44. The highest BCUT2D eigenvalue weighted by Crippen LogP contribution is 2.34. The van der Waals surface area contributed by atoms with Crippen LogP contribution >= 0.6 is 23.2 Å². The maximum absolute atomic E-state index is 12.5. The van der Waals surface area contributed by atoms with E-state index in [9.17, 15) is 14.4 Å². The summed E-state index contributed by atoms with van der Waals surface area (Å²) in [7, 11) is 2.74. The number of carbonyl (C=O) groups excluding carboxylic acids is 3. The molecule has 0 aromatic heterocycles. The molecular weight excluding hydrogens is 395 g/mol. The van der Waals surface area contributed by atoms with Crippen molar-refractivity contribution in [1.29, 1.82) is 0 Å². The van der Waals surface area contributed by atoms with Crippen molar-refractivity contribution in [3.8, 4) is 5.75 Å². The lowest BCUT2D eigenvalue weighted by Gasteiger charge is -2.18. The third-order valence-corrected chi connectivity index (χ3v) is 4.03. The predicted octanol–water partition coefficient (Wildman–Crippen LogP) is 3.36. The Morgan fingerprint density at radius 2 is 1.63 bits per heavy atom. The van der Waals surface area contributed by atoms with Gasteiger partial charge in [0.2, 0.25) is 6.10 Å². The number of esters is 1. The number of halogens is 2. The molecule has 9 heteroatoms. The molecule has 7 nitrogen and oxygen atoms in total. The Labute approximate surface area is 165 Å². The van der Waals surface area contributed by atoms with Gasteiger partial charge in [0.15, 0.2) is 5.75 Å². The van der Waals surface area contributed by atoms with Crippen LogP contribution in [0.15, 0.2) is 42.5 Å². The number of hydrogen-bond acceptors (Lipinski definition) is 5. The van der Waals surface area contributed by atoms with E-state index in [-0.39, 0.29) is 21.4 Å². The Hall–Kier alpha value is -2.77. The number of ether oxygens (including phenoxy) is 2. The fourth-order valence-corrected chi connectivity index (χ4v) is 2.83. The van der Waals surface area contributed by atoms with Gasteiger partial charge < -0.3 is 14.8 Å².